The predicted molar refractivity (Wildman–Crippen MR) is 66.4 cm³/mol. The van der Waals surface area contributed by atoms with E-state index in [1.807, 2.05) is 0 Å². The Kier molecular flexibility index (Phi) is 5.38. The SMILES string of the molecule is N/C(CCCNC(=O)c1ccc(F)c(Cl)c1)=N/O. The Bertz CT molecular complexity index is 466. The van der Waals surface area contributed by atoms with Crippen LogP contribution in [0, 0.1) is 5.82 Å². The lowest BCUT2D eigenvalue weighted by Gasteiger charge is -2.05. The first-order chi connectivity index (χ1) is 8.54. The molecule has 98 valence electrons. The molecule has 0 radical (unpaired) electrons. The largest absolute Gasteiger partial charge is 0.409 e. The Hall–Kier alpha value is -1.82. The van der Waals surface area contributed by atoms with Crippen LogP contribution in [0.4, 0.5) is 4.39 Å². The summed E-state index contributed by atoms with van der Waals surface area (Å²) in [4.78, 5) is 11.6. The third-order valence-corrected chi connectivity index (χ3v) is 2.50. The highest BCUT2D eigenvalue weighted by Crippen LogP contribution is 2.15. The third kappa shape index (κ3) is 4.21. The van der Waals surface area contributed by atoms with Crippen LogP contribution in [-0.4, -0.2) is 23.5 Å². The van der Waals surface area contributed by atoms with E-state index in [2.05, 4.69) is 10.5 Å². The van der Waals surface area contributed by atoms with Crippen LogP contribution in [0.3, 0.4) is 0 Å². The summed E-state index contributed by atoms with van der Waals surface area (Å²) in [5.74, 6) is -0.814. The molecule has 1 rings (SSSR count). The predicted octanol–water partition coefficient (Wildman–Crippen LogP) is 1.74. The lowest BCUT2D eigenvalue weighted by Crippen LogP contribution is -2.25. The van der Waals surface area contributed by atoms with Crippen LogP contribution in [0.5, 0.6) is 0 Å². The van der Waals surface area contributed by atoms with Crippen LogP contribution in [0.15, 0.2) is 23.4 Å². The first kappa shape index (κ1) is 14.2. The Balaban J connectivity index is 2.43. The molecule has 0 saturated carbocycles. The van der Waals surface area contributed by atoms with Gasteiger partial charge in [-0.25, -0.2) is 4.39 Å². The molecule has 1 aromatic rings. The van der Waals surface area contributed by atoms with Gasteiger partial charge in [-0.15, -0.1) is 0 Å². The van der Waals surface area contributed by atoms with Crippen LogP contribution < -0.4 is 11.1 Å². The van der Waals surface area contributed by atoms with Gasteiger partial charge in [-0.1, -0.05) is 16.8 Å². The van der Waals surface area contributed by atoms with Gasteiger partial charge in [0.15, 0.2) is 0 Å². The lowest BCUT2D eigenvalue weighted by molar-refractivity contribution is 0.0953. The molecule has 0 aliphatic heterocycles. The van der Waals surface area contributed by atoms with E-state index in [4.69, 9.17) is 22.5 Å². The number of hydrogen-bond acceptors (Lipinski definition) is 3. The summed E-state index contributed by atoms with van der Waals surface area (Å²) < 4.78 is 12.9. The monoisotopic (exact) mass is 273 g/mol. The molecular formula is C11H13ClFN3O2. The second-order valence-corrected chi connectivity index (χ2v) is 3.99. The number of nitrogens with two attached hydrogens (primary N) is 1. The fraction of sp³-hybridized carbons (Fsp3) is 0.273. The van der Waals surface area contributed by atoms with Crippen molar-refractivity contribution in [1.82, 2.24) is 5.32 Å². The highest BCUT2D eigenvalue weighted by molar-refractivity contribution is 6.31. The number of halogens is 2. The Morgan fingerprint density at radius 1 is 1.56 bits per heavy atom. The van der Waals surface area contributed by atoms with Gasteiger partial charge in [0.2, 0.25) is 0 Å². The number of oxime groups is 1. The van der Waals surface area contributed by atoms with Gasteiger partial charge in [-0.3, -0.25) is 4.79 Å². The molecule has 0 saturated heterocycles. The van der Waals surface area contributed by atoms with Crippen molar-refractivity contribution < 1.29 is 14.4 Å². The van der Waals surface area contributed by atoms with Gasteiger partial charge in [-0.2, -0.15) is 0 Å². The number of amidine groups is 1. The van der Waals surface area contributed by atoms with Crippen molar-refractivity contribution in [3.63, 3.8) is 0 Å². The maximum atomic E-state index is 12.9. The minimum atomic E-state index is -0.569. The molecule has 0 bridgehead atoms. The van der Waals surface area contributed by atoms with Crippen molar-refractivity contribution in [2.24, 2.45) is 10.9 Å². The molecule has 0 heterocycles. The minimum Gasteiger partial charge on any atom is -0.409 e. The number of amides is 1. The summed E-state index contributed by atoms with van der Waals surface area (Å²) in [6.07, 6.45) is 0.914. The van der Waals surface area contributed by atoms with Gasteiger partial charge < -0.3 is 16.3 Å². The van der Waals surface area contributed by atoms with Gasteiger partial charge in [0.1, 0.15) is 11.7 Å². The van der Waals surface area contributed by atoms with Crippen LogP contribution in [0.25, 0.3) is 0 Å². The molecule has 5 nitrogen and oxygen atoms in total. The summed E-state index contributed by atoms with van der Waals surface area (Å²) in [6.45, 7) is 0.365. The summed E-state index contributed by atoms with van der Waals surface area (Å²) in [5, 5.41) is 13.6. The molecule has 0 aliphatic rings. The first-order valence-corrected chi connectivity index (χ1v) is 5.62. The van der Waals surface area contributed by atoms with Crippen molar-refractivity contribution in [3.05, 3.63) is 34.6 Å². The highest BCUT2D eigenvalue weighted by atomic mass is 35.5. The number of carbonyl (C=O) groups is 1. The zero-order valence-corrected chi connectivity index (χ0v) is 10.2. The van der Waals surface area contributed by atoms with E-state index in [1.165, 1.54) is 12.1 Å². The number of carbonyl (C=O) groups excluding carboxylic acids is 1. The summed E-state index contributed by atoms with van der Waals surface area (Å²) in [6, 6.07) is 3.74. The van der Waals surface area contributed by atoms with Gasteiger partial charge >= 0.3 is 0 Å². The van der Waals surface area contributed by atoms with Crippen molar-refractivity contribution in [3.8, 4) is 0 Å². The maximum Gasteiger partial charge on any atom is 0.251 e. The molecule has 1 aromatic carbocycles. The van der Waals surface area contributed by atoms with E-state index in [-0.39, 0.29) is 22.3 Å². The van der Waals surface area contributed by atoms with Crippen LogP contribution >= 0.6 is 11.6 Å². The third-order valence-electron chi connectivity index (χ3n) is 2.21. The smallest absolute Gasteiger partial charge is 0.251 e. The van der Waals surface area contributed by atoms with E-state index in [0.717, 1.165) is 6.07 Å². The molecular weight excluding hydrogens is 261 g/mol. The second kappa shape index (κ2) is 6.80. The van der Waals surface area contributed by atoms with Gasteiger partial charge in [0.25, 0.3) is 5.91 Å². The highest BCUT2D eigenvalue weighted by Gasteiger charge is 2.08. The minimum absolute atomic E-state index is 0.0979. The average Bonchev–Trinajstić information content (AvgIpc) is 2.37. The second-order valence-electron chi connectivity index (χ2n) is 3.58. The van der Waals surface area contributed by atoms with E-state index >= 15 is 0 Å². The fourth-order valence-corrected chi connectivity index (χ4v) is 1.44. The molecule has 0 aliphatic carbocycles. The quantitative estimate of drug-likeness (QED) is 0.251. The molecule has 7 heteroatoms. The Morgan fingerprint density at radius 2 is 2.28 bits per heavy atom. The van der Waals surface area contributed by atoms with Crippen LogP contribution in [0.2, 0.25) is 5.02 Å². The summed E-state index contributed by atoms with van der Waals surface area (Å²) in [7, 11) is 0. The number of benzene rings is 1. The molecule has 0 atom stereocenters. The molecule has 0 fully saturated rings. The zero-order valence-electron chi connectivity index (χ0n) is 9.49. The first-order valence-electron chi connectivity index (χ1n) is 5.24. The van der Waals surface area contributed by atoms with Crippen LogP contribution in [0.1, 0.15) is 23.2 Å². The lowest BCUT2D eigenvalue weighted by atomic mass is 10.2. The molecule has 0 aromatic heterocycles. The Morgan fingerprint density at radius 3 is 2.89 bits per heavy atom. The number of rotatable bonds is 5. The molecule has 0 spiro atoms. The Labute approximate surface area is 108 Å². The molecule has 4 N–H and O–H groups in total. The van der Waals surface area contributed by atoms with Crippen molar-refractivity contribution in [1.29, 1.82) is 0 Å². The number of nitrogens with zero attached hydrogens (tertiary/aromatic N) is 1. The average molecular weight is 274 g/mol. The molecule has 18 heavy (non-hydrogen) atoms. The topological polar surface area (TPSA) is 87.7 Å². The fourth-order valence-electron chi connectivity index (χ4n) is 1.26. The van der Waals surface area contributed by atoms with Gasteiger partial charge in [-0.05, 0) is 24.6 Å². The summed E-state index contributed by atoms with van der Waals surface area (Å²) >= 11 is 5.56. The molecule has 1 amide bonds. The van der Waals surface area contributed by atoms with Gasteiger partial charge in [0, 0.05) is 18.5 Å². The number of nitrogens with one attached hydrogen (secondary N) is 1. The van der Waals surface area contributed by atoms with Gasteiger partial charge in [0.05, 0.1) is 5.02 Å². The normalized spacial score (nSPS) is 11.3. The van der Waals surface area contributed by atoms with Crippen molar-refractivity contribution >= 4 is 23.3 Å². The van der Waals surface area contributed by atoms with E-state index in [1.54, 1.807) is 0 Å². The zero-order chi connectivity index (χ0) is 13.5. The van der Waals surface area contributed by atoms with E-state index < -0.39 is 5.82 Å². The van der Waals surface area contributed by atoms with E-state index in [0.29, 0.717) is 19.4 Å². The van der Waals surface area contributed by atoms with Crippen LogP contribution in [-0.2, 0) is 0 Å². The number of hydrogen-bond donors (Lipinski definition) is 3. The van der Waals surface area contributed by atoms with E-state index in [9.17, 15) is 9.18 Å². The summed E-state index contributed by atoms with van der Waals surface area (Å²) in [5.41, 5.74) is 5.55. The molecule has 0 unspecified atom stereocenters. The van der Waals surface area contributed by atoms with Crippen molar-refractivity contribution in [2.75, 3.05) is 6.54 Å². The standard InChI is InChI=1S/C11H13ClFN3O2/c12-8-6-7(3-4-9(8)13)11(17)15-5-1-2-10(14)16-18/h3-4,6,18H,1-2,5H2,(H2,14,16)(H,15,17). The van der Waals surface area contributed by atoms with Crippen molar-refractivity contribution in [2.45, 2.75) is 12.8 Å². The maximum absolute atomic E-state index is 12.9.